The first-order valence-corrected chi connectivity index (χ1v) is 3.08. The molecule has 0 aliphatic rings. The number of pyridine rings is 1. The highest BCUT2D eigenvalue weighted by molar-refractivity contribution is 5.31. The van der Waals surface area contributed by atoms with Gasteiger partial charge in [0.1, 0.15) is 11.8 Å². The van der Waals surface area contributed by atoms with Crippen LogP contribution in [0.25, 0.3) is 0 Å². The summed E-state index contributed by atoms with van der Waals surface area (Å²) in [4.78, 5) is 2.81. The number of hydrogen-bond donors (Lipinski definition) is 0. The normalized spacial score (nSPS) is 11.0. The largest absolute Gasteiger partial charge is 0.433 e. The summed E-state index contributed by atoms with van der Waals surface area (Å²) in [6.07, 6.45) is -4.28. The van der Waals surface area contributed by atoms with Crippen LogP contribution in [-0.2, 0) is 6.18 Å². The second kappa shape index (κ2) is 3.01. The molecule has 1 aromatic heterocycles. The second-order valence-electron chi connectivity index (χ2n) is 2.16. The molecule has 1 aromatic rings. The second-order valence-corrected chi connectivity index (χ2v) is 2.16. The minimum absolute atomic E-state index is 0.370. The minimum atomic E-state index is -4.65. The van der Waals surface area contributed by atoms with Gasteiger partial charge < -0.3 is 0 Å². The van der Waals surface area contributed by atoms with Crippen LogP contribution in [0.2, 0.25) is 0 Å². The number of alkyl halides is 3. The Kier molecular flexibility index (Phi) is 2.19. The summed E-state index contributed by atoms with van der Waals surface area (Å²) in [7, 11) is 0. The number of aromatic nitrogens is 1. The molecule has 1 rings (SSSR count). The van der Waals surface area contributed by atoms with Gasteiger partial charge in [-0.2, -0.15) is 18.4 Å². The van der Waals surface area contributed by atoms with E-state index in [2.05, 4.69) is 4.98 Å². The number of nitriles is 1. The molecule has 0 aromatic carbocycles. The molecule has 68 valence electrons. The number of rotatable bonds is 0. The average Bonchev–Trinajstić information content (AvgIpc) is 2.03. The Hall–Kier alpha value is -1.64. The predicted molar refractivity (Wildman–Crippen MR) is 33.9 cm³/mol. The molecule has 0 bridgehead atoms. The van der Waals surface area contributed by atoms with Gasteiger partial charge in [-0.3, -0.25) is 0 Å². The molecule has 0 aliphatic carbocycles. The standard InChI is InChI=1S/C7H2F4N2/c8-5-3-13-6(7(9,10)11)1-4(5)2-12/h1,3H. The molecule has 0 unspecified atom stereocenters. The highest BCUT2D eigenvalue weighted by Gasteiger charge is 2.33. The van der Waals surface area contributed by atoms with E-state index in [4.69, 9.17) is 5.26 Å². The van der Waals surface area contributed by atoms with Crippen LogP contribution in [0.4, 0.5) is 17.6 Å². The van der Waals surface area contributed by atoms with Gasteiger partial charge in [-0.1, -0.05) is 0 Å². The molecular weight excluding hydrogens is 188 g/mol. The molecule has 0 saturated heterocycles. The molecule has 0 saturated carbocycles. The van der Waals surface area contributed by atoms with Crippen LogP contribution in [0.15, 0.2) is 12.3 Å². The maximum atomic E-state index is 12.5. The zero-order valence-corrected chi connectivity index (χ0v) is 6.06. The van der Waals surface area contributed by atoms with E-state index >= 15 is 0 Å². The number of nitrogens with zero attached hydrogens (tertiary/aromatic N) is 2. The highest BCUT2D eigenvalue weighted by Crippen LogP contribution is 2.28. The molecule has 0 spiro atoms. The van der Waals surface area contributed by atoms with Gasteiger partial charge in [0.2, 0.25) is 0 Å². The van der Waals surface area contributed by atoms with Crippen LogP contribution in [0.1, 0.15) is 11.3 Å². The fourth-order valence-corrected chi connectivity index (χ4v) is 0.679. The molecule has 0 fully saturated rings. The summed E-state index contributed by atoms with van der Waals surface area (Å²) in [5.74, 6) is -1.06. The zero-order chi connectivity index (χ0) is 10.1. The van der Waals surface area contributed by atoms with Crippen molar-refractivity contribution >= 4 is 0 Å². The van der Waals surface area contributed by atoms with E-state index in [-0.39, 0.29) is 0 Å². The van der Waals surface area contributed by atoms with E-state index in [0.29, 0.717) is 12.3 Å². The third-order valence-electron chi connectivity index (χ3n) is 1.27. The molecule has 13 heavy (non-hydrogen) atoms. The Morgan fingerprint density at radius 2 is 2.00 bits per heavy atom. The first-order valence-electron chi connectivity index (χ1n) is 3.08. The van der Waals surface area contributed by atoms with Crippen molar-refractivity contribution in [2.24, 2.45) is 0 Å². The molecule has 0 atom stereocenters. The summed E-state index contributed by atoms with van der Waals surface area (Å²) in [5, 5.41) is 8.22. The van der Waals surface area contributed by atoms with Crippen LogP contribution < -0.4 is 0 Å². The van der Waals surface area contributed by atoms with Gasteiger partial charge >= 0.3 is 6.18 Å². The lowest BCUT2D eigenvalue weighted by Crippen LogP contribution is -2.08. The zero-order valence-electron chi connectivity index (χ0n) is 6.06. The van der Waals surface area contributed by atoms with Gasteiger partial charge in [0.25, 0.3) is 0 Å². The Labute approximate surface area is 70.4 Å². The van der Waals surface area contributed by atoms with Crippen molar-refractivity contribution in [1.82, 2.24) is 4.98 Å². The van der Waals surface area contributed by atoms with Gasteiger partial charge in [0.05, 0.1) is 11.8 Å². The Bertz CT molecular complexity index is 364. The molecule has 0 amide bonds. The van der Waals surface area contributed by atoms with Gasteiger partial charge in [-0.25, -0.2) is 9.37 Å². The van der Waals surface area contributed by atoms with E-state index in [0.717, 1.165) is 0 Å². The molecule has 6 heteroatoms. The van der Waals surface area contributed by atoms with Gasteiger partial charge in [-0.15, -0.1) is 0 Å². The van der Waals surface area contributed by atoms with Crippen LogP contribution >= 0.6 is 0 Å². The fourth-order valence-electron chi connectivity index (χ4n) is 0.679. The molecule has 0 N–H and O–H groups in total. The Balaban J connectivity index is 3.24. The monoisotopic (exact) mass is 190 g/mol. The third kappa shape index (κ3) is 1.93. The van der Waals surface area contributed by atoms with Gasteiger partial charge in [0, 0.05) is 0 Å². The third-order valence-corrected chi connectivity index (χ3v) is 1.27. The highest BCUT2D eigenvalue weighted by atomic mass is 19.4. The van der Waals surface area contributed by atoms with Crippen molar-refractivity contribution in [2.45, 2.75) is 6.18 Å². The molecule has 0 radical (unpaired) electrons. The van der Waals surface area contributed by atoms with Gasteiger partial charge in [-0.05, 0) is 6.07 Å². The molecule has 0 aliphatic heterocycles. The van der Waals surface area contributed by atoms with Crippen molar-refractivity contribution in [3.8, 4) is 6.07 Å². The molecular formula is C7H2F4N2. The minimum Gasteiger partial charge on any atom is -0.249 e. The van der Waals surface area contributed by atoms with E-state index < -0.39 is 23.3 Å². The average molecular weight is 190 g/mol. The van der Waals surface area contributed by atoms with Crippen LogP contribution in [0, 0.1) is 17.1 Å². The Morgan fingerprint density at radius 1 is 1.38 bits per heavy atom. The molecule has 1 heterocycles. The van der Waals surface area contributed by atoms with Crippen LogP contribution in [-0.4, -0.2) is 4.98 Å². The quantitative estimate of drug-likeness (QED) is 0.587. The topological polar surface area (TPSA) is 36.7 Å². The smallest absolute Gasteiger partial charge is 0.249 e. The van der Waals surface area contributed by atoms with E-state index in [1.165, 1.54) is 6.07 Å². The lowest BCUT2D eigenvalue weighted by molar-refractivity contribution is -0.141. The Morgan fingerprint density at radius 3 is 2.46 bits per heavy atom. The van der Waals surface area contributed by atoms with Crippen LogP contribution in [0.5, 0.6) is 0 Å². The lowest BCUT2D eigenvalue weighted by atomic mass is 10.2. The summed E-state index contributed by atoms with van der Waals surface area (Å²) in [6.45, 7) is 0. The van der Waals surface area contributed by atoms with Crippen molar-refractivity contribution in [3.05, 3.63) is 29.3 Å². The van der Waals surface area contributed by atoms with Crippen LogP contribution in [0.3, 0.4) is 0 Å². The summed E-state index contributed by atoms with van der Waals surface area (Å²) < 4.78 is 48.3. The van der Waals surface area contributed by atoms with Crippen molar-refractivity contribution in [2.75, 3.05) is 0 Å². The van der Waals surface area contributed by atoms with Crippen molar-refractivity contribution < 1.29 is 17.6 Å². The summed E-state index contributed by atoms with van der Waals surface area (Å²) in [5.41, 5.74) is -1.94. The van der Waals surface area contributed by atoms with E-state index in [1.807, 2.05) is 0 Å². The maximum Gasteiger partial charge on any atom is 0.433 e. The van der Waals surface area contributed by atoms with E-state index in [1.54, 1.807) is 0 Å². The van der Waals surface area contributed by atoms with Crippen molar-refractivity contribution in [1.29, 1.82) is 5.26 Å². The lowest BCUT2D eigenvalue weighted by Gasteiger charge is -2.04. The summed E-state index contributed by atoms with van der Waals surface area (Å²) in [6, 6.07) is 1.66. The van der Waals surface area contributed by atoms with E-state index in [9.17, 15) is 17.6 Å². The number of halogens is 4. The SMILES string of the molecule is N#Cc1cc(C(F)(F)F)ncc1F. The maximum absolute atomic E-state index is 12.5. The fraction of sp³-hybridized carbons (Fsp3) is 0.143. The molecule has 2 nitrogen and oxygen atoms in total. The first kappa shape index (κ1) is 9.45. The van der Waals surface area contributed by atoms with Crippen molar-refractivity contribution in [3.63, 3.8) is 0 Å². The number of hydrogen-bond acceptors (Lipinski definition) is 2. The predicted octanol–water partition coefficient (Wildman–Crippen LogP) is 2.11. The first-order chi connectivity index (χ1) is 5.95. The van der Waals surface area contributed by atoms with Gasteiger partial charge in [0.15, 0.2) is 5.82 Å². The summed E-state index contributed by atoms with van der Waals surface area (Å²) >= 11 is 0.